The van der Waals surface area contributed by atoms with E-state index >= 15 is 0 Å². The number of nitrogens with zero attached hydrogens (tertiary/aromatic N) is 1. The van der Waals surface area contributed by atoms with E-state index in [2.05, 4.69) is 10.6 Å². The van der Waals surface area contributed by atoms with E-state index in [0.717, 1.165) is 16.7 Å². The summed E-state index contributed by atoms with van der Waals surface area (Å²) in [5.74, 6) is -0.967. The van der Waals surface area contributed by atoms with E-state index < -0.39 is 36.3 Å². The fourth-order valence-electron chi connectivity index (χ4n) is 3.90. The summed E-state index contributed by atoms with van der Waals surface area (Å²) in [5.41, 5.74) is 3.42. The molecule has 0 spiro atoms. The molecule has 37 heavy (non-hydrogen) atoms. The van der Waals surface area contributed by atoms with Crippen LogP contribution in [-0.4, -0.2) is 52.2 Å². The fourth-order valence-corrected chi connectivity index (χ4v) is 3.90. The average molecular weight is 512 g/mol. The van der Waals surface area contributed by atoms with E-state index in [4.69, 9.17) is 4.74 Å². The van der Waals surface area contributed by atoms with Crippen LogP contribution in [0.5, 0.6) is 0 Å². The normalized spacial score (nSPS) is 13.8. The highest BCUT2D eigenvalue weighted by molar-refractivity contribution is 5.99. The first-order valence-corrected chi connectivity index (χ1v) is 12.6. The largest absolute Gasteiger partial charge is 0.444 e. The van der Waals surface area contributed by atoms with Crippen LogP contribution in [0.1, 0.15) is 69.3 Å². The van der Waals surface area contributed by atoms with Crippen molar-refractivity contribution in [1.82, 2.24) is 10.2 Å². The predicted octanol–water partition coefficient (Wildman–Crippen LogP) is 4.80. The second-order valence-electron chi connectivity index (χ2n) is 10.4. The lowest BCUT2D eigenvalue weighted by molar-refractivity contribution is -0.144. The van der Waals surface area contributed by atoms with Crippen LogP contribution >= 0.6 is 0 Å². The number of aliphatic hydroxyl groups excluding tert-OH is 1. The summed E-state index contributed by atoms with van der Waals surface area (Å²) in [6.07, 6.45) is -0.272. The Morgan fingerprint density at radius 1 is 1.00 bits per heavy atom. The van der Waals surface area contributed by atoms with Gasteiger partial charge in [0.2, 0.25) is 5.91 Å². The van der Waals surface area contributed by atoms with Crippen LogP contribution in [0.25, 0.3) is 0 Å². The summed E-state index contributed by atoms with van der Waals surface area (Å²) in [6.45, 7) is 14.1. The highest BCUT2D eigenvalue weighted by Gasteiger charge is 2.38. The van der Waals surface area contributed by atoms with Crippen molar-refractivity contribution < 1.29 is 24.2 Å². The lowest BCUT2D eigenvalue weighted by Gasteiger charge is -2.38. The number of amides is 3. The van der Waals surface area contributed by atoms with Crippen molar-refractivity contribution >= 4 is 23.6 Å². The Kier molecular flexibility index (Phi) is 10.3. The number of aryl methyl sites for hydroxylation is 3. The van der Waals surface area contributed by atoms with Gasteiger partial charge in [-0.15, -0.1) is 0 Å². The molecule has 8 nitrogen and oxygen atoms in total. The zero-order valence-electron chi connectivity index (χ0n) is 23.2. The van der Waals surface area contributed by atoms with E-state index in [1.54, 1.807) is 26.8 Å². The van der Waals surface area contributed by atoms with Gasteiger partial charge in [-0.05, 0) is 83.2 Å². The van der Waals surface area contributed by atoms with Gasteiger partial charge in [-0.1, -0.05) is 43.3 Å². The zero-order valence-corrected chi connectivity index (χ0v) is 23.2. The first-order valence-electron chi connectivity index (χ1n) is 12.6. The highest BCUT2D eigenvalue weighted by Crippen LogP contribution is 2.29. The van der Waals surface area contributed by atoms with Crippen LogP contribution in [-0.2, 0) is 14.3 Å². The highest BCUT2D eigenvalue weighted by atomic mass is 16.6. The molecule has 202 valence electrons. The van der Waals surface area contributed by atoms with Crippen LogP contribution in [0.3, 0.4) is 0 Å². The van der Waals surface area contributed by atoms with Gasteiger partial charge in [0.1, 0.15) is 17.7 Å². The van der Waals surface area contributed by atoms with Crippen molar-refractivity contribution in [2.75, 3.05) is 11.9 Å². The van der Waals surface area contributed by atoms with Crippen LogP contribution in [0.4, 0.5) is 10.5 Å². The van der Waals surface area contributed by atoms with Crippen LogP contribution < -0.4 is 10.6 Å². The molecular weight excluding hydrogens is 470 g/mol. The Labute approximate surface area is 220 Å². The first kappa shape index (κ1) is 29.8. The quantitative estimate of drug-likeness (QED) is 0.448. The third-order valence-corrected chi connectivity index (χ3v) is 6.27. The molecule has 0 aliphatic carbocycles. The van der Waals surface area contributed by atoms with Crippen molar-refractivity contribution in [3.63, 3.8) is 0 Å². The molecule has 3 unspecified atom stereocenters. The number of benzene rings is 2. The molecule has 3 N–H and O–H groups in total. The van der Waals surface area contributed by atoms with Crippen molar-refractivity contribution in [3.8, 4) is 0 Å². The van der Waals surface area contributed by atoms with Crippen molar-refractivity contribution in [1.29, 1.82) is 0 Å². The topological polar surface area (TPSA) is 108 Å². The third kappa shape index (κ3) is 8.05. The maximum Gasteiger partial charge on any atom is 0.408 e. The second-order valence-corrected chi connectivity index (χ2v) is 10.4. The monoisotopic (exact) mass is 511 g/mol. The Hall–Kier alpha value is -3.39. The van der Waals surface area contributed by atoms with Gasteiger partial charge >= 0.3 is 6.09 Å². The lowest BCUT2D eigenvalue weighted by atomic mass is 9.96. The van der Waals surface area contributed by atoms with E-state index in [1.165, 1.54) is 4.90 Å². The Bertz CT molecular complexity index is 1110. The molecule has 0 fully saturated rings. The minimum absolute atomic E-state index is 0.379. The Morgan fingerprint density at radius 2 is 1.65 bits per heavy atom. The summed E-state index contributed by atoms with van der Waals surface area (Å²) in [6, 6.07) is 10.4. The number of aliphatic hydroxyl groups is 1. The summed E-state index contributed by atoms with van der Waals surface area (Å²) < 4.78 is 5.29. The van der Waals surface area contributed by atoms with Gasteiger partial charge in [-0.25, -0.2) is 4.79 Å². The maximum atomic E-state index is 13.9. The van der Waals surface area contributed by atoms with Crippen molar-refractivity contribution in [2.45, 2.75) is 85.5 Å². The number of alkyl carbamates (subject to hydrolysis) is 1. The van der Waals surface area contributed by atoms with E-state index in [-0.39, 0.29) is 11.9 Å². The zero-order chi connectivity index (χ0) is 27.9. The molecule has 0 aliphatic rings. The molecule has 2 aromatic rings. The van der Waals surface area contributed by atoms with Gasteiger partial charge in [0.25, 0.3) is 5.91 Å². The minimum Gasteiger partial charge on any atom is -0.444 e. The summed E-state index contributed by atoms with van der Waals surface area (Å²) in [4.78, 5) is 41.6. The standard InChI is InChI=1S/C29H41N3O5/c1-9-21(5)32(27(35)24(17-33)31-28(36)37-29(6,7)8)25(22-15-14-18(2)20(4)16-22)26(34)30-23-13-11-10-12-19(23)3/h10-16,21,24-25,33H,9,17H2,1-8H3,(H,30,34)(H,31,36). The van der Waals surface area contributed by atoms with Gasteiger partial charge in [-0.3, -0.25) is 9.59 Å². The molecule has 0 bridgehead atoms. The van der Waals surface area contributed by atoms with Gasteiger partial charge in [0.05, 0.1) is 6.61 Å². The molecule has 0 heterocycles. The third-order valence-electron chi connectivity index (χ3n) is 6.27. The first-order chi connectivity index (χ1) is 17.3. The molecule has 0 saturated carbocycles. The molecule has 3 amide bonds. The number of hydrogen-bond acceptors (Lipinski definition) is 5. The van der Waals surface area contributed by atoms with E-state index in [9.17, 15) is 19.5 Å². The average Bonchev–Trinajstić information content (AvgIpc) is 2.82. The number of carbonyl (C=O) groups excluding carboxylic acids is 3. The number of para-hydroxylation sites is 1. The maximum absolute atomic E-state index is 13.9. The Morgan fingerprint density at radius 3 is 2.19 bits per heavy atom. The number of anilines is 1. The van der Waals surface area contributed by atoms with E-state index in [0.29, 0.717) is 17.7 Å². The van der Waals surface area contributed by atoms with Crippen molar-refractivity contribution in [3.05, 3.63) is 64.7 Å². The molecule has 2 aromatic carbocycles. The molecule has 0 aromatic heterocycles. The molecular formula is C29H41N3O5. The number of carbonyl (C=O) groups is 3. The number of nitrogens with one attached hydrogen (secondary N) is 2. The number of ether oxygens (including phenoxy) is 1. The molecule has 0 aliphatic heterocycles. The molecule has 8 heteroatoms. The predicted molar refractivity (Wildman–Crippen MR) is 145 cm³/mol. The molecule has 3 atom stereocenters. The minimum atomic E-state index is -1.29. The van der Waals surface area contributed by atoms with Gasteiger partial charge in [0, 0.05) is 11.7 Å². The van der Waals surface area contributed by atoms with Crippen LogP contribution in [0.2, 0.25) is 0 Å². The van der Waals surface area contributed by atoms with E-state index in [1.807, 2.05) is 71.0 Å². The van der Waals surface area contributed by atoms with Crippen LogP contribution in [0, 0.1) is 20.8 Å². The lowest BCUT2D eigenvalue weighted by Crippen LogP contribution is -2.56. The SMILES string of the molecule is CCC(C)N(C(=O)C(CO)NC(=O)OC(C)(C)C)C(C(=O)Nc1ccccc1C)c1ccc(C)c(C)c1. The van der Waals surface area contributed by atoms with Gasteiger partial charge in [-0.2, -0.15) is 0 Å². The molecule has 2 rings (SSSR count). The molecule has 0 saturated heterocycles. The summed E-state index contributed by atoms with van der Waals surface area (Å²) in [7, 11) is 0. The number of rotatable bonds is 9. The number of hydrogen-bond donors (Lipinski definition) is 3. The second kappa shape index (κ2) is 12.7. The molecule has 0 radical (unpaired) electrons. The van der Waals surface area contributed by atoms with Crippen molar-refractivity contribution in [2.24, 2.45) is 0 Å². The smallest absolute Gasteiger partial charge is 0.408 e. The summed E-state index contributed by atoms with van der Waals surface area (Å²) in [5, 5.41) is 15.5. The summed E-state index contributed by atoms with van der Waals surface area (Å²) >= 11 is 0. The van der Waals surface area contributed by atoms with Gasteiger partial charge in [0.15, 0.2) is 0 Å². The fraction of sp³-hybridized carbons (Fsp3) is 0.483. The van der Waals surface area contributed by atoms with Gasteiger partial charge < -0.3 is 25.4 Å². The Balaban J connectivity index is 2.55. The van der Waals surface area contributed by atoms with Crippen LogP contribution in [0.15, 0.2) is 42.5 Å².